The number of amidine groups is 1. The highest BCUT2D eigenvalue weighted by Gasteiger charge is 2.05. The van der Waals surface area contributed by atoms with Crippen LogP contribution in [0.2, 0.25) is 0 Å². The van der Waals surface area contributed by atoms with Crippen molar-refractivity contribution in [3.05, 3.63) is 23.8 Å². The molecule has 0 radical (unpaired) electrons. The predicted octanol–water partition coefficient (Wildman–Crippen LogP) is 1.96. The maximum absolute atomic E-state index is 7.09. The van der Waals surface area contributed by atoms with Gasteiger partial charge in [0.2, 0.25) is 0 Å². The van der Waals surface area contributed by atoms with E-state index in [0.717, 1.165) is 12.2 Å². The monoisotopic (exact) mass is 222 g/mol. The molecule has 88 valence electrons. The van der Waals surface area contributed by atoms with Crippen molar-refractivity contribution in [2.45, 2.75) is 19.8 Å². The number of methoxy groups -OCH3 is 1. The van der Waals surface area contributed by atoms with Gasteiger partial charge in [0, 0.05) is 6.42 Å². The summed E-state index contributed by atoms with van der Waals surface area (Å²) < 4.78 is 10.7. The molecule has 1 aromatic rings. The predicted molar refractivity (Wildman–Crippen MR) is 64.4 cm³/mol. The quantitative estimate of drug-likeness (QED) is 0.571. The Balaban J connectivity index is 2.68. The molecular weight excluding hydrogens is 204 g/mol. The van der Waals surface area contributed by atoms with E-state index >= 15 is 0 Å². The number of aryl methyl sites for hydroxylation is 1. The van der Waals surface area contributed by atoms with Crippen LogP contribution in [-0.2, 0) is 6.42 Å². The van der Waals surface area contributed by atoms with Crippen LogP contribution in [0.5, 0.6) is 11.5 Å². The van der Waals surface area contributed by atoms with E-state index < -0.39 is 0 Å². The lowest BCUT2D eigenvalue weighted by molar-refractivity contribution is 0.302. The summed E-state index contributed by atoms with van der Waals surface area (Å²) in [6.07, 6.45) is 1.39. The lowest BCUT2D eigenvalue weighted by Crippen LogP contribution is -2.14. The summed E-state index contributed by atoms with van der Waals surface area (Å²) in [5, 5.41) is 7.09. The third-order valence-corrected chi connectivity index (χ3v) is 2.27. The molecule has 0 heterocycles. The highest BCUT2D eigenvalue weighted by atomic mass is 16.5. The summed E-state index contributed by atoms with van der Waals surface area (Å²) in [5.41, 5.74) is 6.45. The fraction of sp³-hybridized carbons (Fsp3) is 0.417. The van der Waals surface area contributed by atoms with Crippen LogP contribution in [-0.4, -0.2) is 19.6 Å². The molecule has 1 rings (SSSR count). The molecule has 0 aliphatic heterocycles. The Kier molecular flexibility index (Phi) is 4.64. The first-order chi connectivity index (χ1) is 7.67. The van der Waals surface area contributed by atoms with Crippen molar-refractivity contribution in [1.82, 2.24) is 0 Å². The number of nitrogens with two attached hydrogens (primary N) is 1. The summed E-state index contributed by atoms with van der Waals surface area (Å²) in [6, 6.07) is 5.85. The Bertz CT molecular complexity index is 364. The van der Waals surface area contributed by atoms with Gasteiger partial charge in [0.25, 0.3) is 0 Å². The Morgan fingerprint density at radius 2 is 2.12 bits per heavy atom. The Labute approximate surface area is 95.9 Å². The fourth-order valence-electron chi connectivity index (χ4n) is 1.32. The standard InChI is InChI=1S/C12H18N2O2/c1-3-9-4-5-10(11(8-9)15-2)16-7-6-12(13)14/h4-5,8H,3,6-7H2,1-2H3,(H3,13,14). The molecule has 3 N–H and O–H groups in total. The molecule has 0 saturated carbocycles. The van der Waals surface area contributed by atoms with Crippen LogP contribution in [0.15, 0.2) is 18.2 Å². The normalized spacial score (nSPS) is 9.88. The number of rotatable bonds is 6. The molecule has 4 heteroatoms. The molecular formula is C12H18N2O2. The first-order valence-corrected chi connectivity index (χ1v) is 5.30. The van der Waals surface area contributed by atoms with Crippen LogP contribution in [0, 0.1) is 5.41 Å². The molecule has 0 saturated heterocycles. The molecule has 0 unspecified atom stereocenters. The molecule has 0 bridgehead atoms. The maximum atomic E-state index is 7.09. The van der Waals surface area contributed by atoms with E-state index in [1.54, 1.807) is 7.11 Å². The van der Waals surface area contributed by atoms with Gasteiger partial charge in [-0.15, -0.1) is 0 Å². The summed E-state index contributed by atoms with van der Waals surface area (Å²) in [6.45, 7) is 2.49. The van der Waals surface area contributed by atoms with Gasteiger partial charge in [-0.1, -0.05) is 13.0 Å². The van der Waals surface area contributed by atoms with E-state index in [2.05, 4.69) is 6.92 Å². The smallest absolute Gasteiger partial charge is 0.161 e. The number of ether oxygens (including phenoxy) is 2. The van der Waals surface area contributed by atoms with Gasteiger partial charge in [0.05, 0.1) is 19.6 Å². The second kappa shape index (κ2) is 6.00. The summed E-state index contributed by atoms with van der Waals surface area (Å²) >= 11 is 0. The van der Waals surface area contributed by atoms with Gasteiger partial charge in [-0.25, -0.2) is 0 Å². The molecule has 0 aliphatic rings. The maximum Gasteiger partial charge on any atom is 0.161 e. The average Bonchev–Trinajstić information content (AvgIpc) is 2.29. The Hall–Kier alpha value is -1.71. The summed E-state index contributed by atoms with van der Waals surface area (Å²) in [4.78, 5) is 0. The largest absolute Gasteiger partial charge is 0.493 e. The average molecular weight is 222 g/mol. The van der Waals surface area contributed by atoms with E-state index in [4.69, 9.17) is 20.6 Å². The minimum Gasteiger partial charge on any atom is -0.493 e. The fourth-order valence-corrected chi connectivity index (χ4v) is 1.32. The van der Waals surface area contributed by atoms with Gasteiger partial charge < -0.3 is 15.2 Å². The van der Waals surface area contributed by atoms with Crippen molar-refractivity contribution in [3.8, 4) is 11.5 Å². The molecule has 0 aliphatic carbocycles. The van der Waals surface area contributed by atoms with Crippen molar-refractivity contribution in [2.75, 3.05) is 13.7 Å². The minimum absolute atomic E-state index is 0.129. The summed E-state index contributed by atoms with van der Waals surface area (Å²) in [5.74, 6) is 1.55. The molecule has 0 amide bonds. The third kappa shape index (κ3) is 3.46. The molecule has 0 spiro atoms. The SMILES string of the molecule is CCc1ccc(OCCC(=N)N)c(OC)c1. The van der Waals surface area contributed by atoms with E-state index in [0.29, 0.717) is 18.8 Å². The lowest BCUT2D eigenvalue weighted by atomic mass is 10.1. The lowest BCUT2D eigenvalue weighted by Gasteiger charge is -2.11. The van der Waals surface area contributed by atoms with Crippen molar-refractivity contribution in [1.29, 1.82) is 5.41 Å². The number of benzene rings is 1. The van der Waals surface area contributed by atoms with E-state index in [9.17, 15) is 0 Å². The Morgan fingerprint density at radius 1 is 1.38 bits per heavy atom. The van der Waals surface area contributed by atoms with Gasteiger partial charge in [0.15, 0.2) is 11.5 Å². The molecule has 0 aromatic heterocycles. The van der Waals surface area contributed by atoms with Gasteiger partial charge in [0.1, 0.15) is 0 Å². The summed E-state index contributed by atoms with van der Waals surface area (Å²) in [7, 11) is 1.62. The Morgan fingerprint density at radius 3 is 2.69 bits per heavy atom. The molecule has 0 atom stereocenters. The first kappa shape index (κ1) is 12.4. The first-order valence-electron chi connectivity index (χ1n) is 5.30. The highest BCUT2D eigenvalue weighted by molar-refractivity contribution is 5.76. The van der Waals surface area contributed by atoms with Gasteiger partial charge in [-0.05, 0) is 24.1 Å². The van der Waals surface area contributed by atoms with Crippen LogP contribution in [0.4, 0.5) is 0 Å². The van der Waals surface area contributed by atoms with Crippen LogP contribution in [0.25, 0.3) is 0 Å². The molecule has 16 heavy (non-hydrogen) atoms. The van der Waals surface area contributed by atoms with Crippen molar-refractivity contribution in [3.63, 3.8) is 0 Å². The van der Waals surface area contributed by atoms with Crippen molar-refractivity contribution < 1.29 is 9.47 Å². The van der Waals surface area contributed by atoms with Crippen LogP contribution >= 0.6 is 0 Å². The zero-order chi connectivity index (χ0) is 12.0. The third-order valence-electron chi connectivity index (χ3n) is 2.27. The van der Waals surface area contributed by atoms with Crippen LogP contribution in [0.3, 0.4) is 0 Å². The zero-order valence-electron chi connectivity index (χ0n) is 9.75. The number of nitrogens with one attached hydrogen (secondary N) is 1. The highest BCUT2D eigenvalue weighted by Crippen LogP contribution is 2.28. The molecule has 0 fully saturated rings. The second-order valence-electron chi connectivity index (χ2n) is 3.46. The van der Waals surface area contributed by atoms with Crippen molar-refractivity contribution >= 4 is 5.84 Å². The minimum atomic E-state index is 0.129. The van der Waals surface area contributed by atoms with E-state index in [1.807, 2.05) is 18.2 Å². The van der Waals surface area contributed by atoms with Gasteiger partial charge >= 0.3 is 0 Å². The van der Waals surface area contributed by atoms with Crippen molar-refractivity contribution in [2.24, 2.45) is 5.73 Å². The zero-order valence-corrected chi connectivity index (χ0v) is 9.75. The topological polar surface area (TPSA) is 68.3 Å². The number of hydrogen-bond donors (Lipinski definition) is 2. The molecule has 1 aromatic carbocycles. The van der Waals surface area contributed by atoms with Crippen LogP contribution in [0.1, 0.15) is 18.9 Å². The second-order valence-corrected chi connectivity index (χ2v) is 3.46. The molecule has 4 nitrogen and oxygen atoms in total. The number of hydrogen-bond acceptors (Lipinski definition) is 3. The van der Waals surface area contributed by atoms with Gasteiger partial charge in [-0.2, -0.15) is 0 Å². The van der Waals surface area contributed by atoms with Gasteiger partial charge in [-0.3, -0.25) is 5.41 Å². The van der Waals surface area contributed by atoms with Crippen LogP contribution < -0.4 is 15.2 Å². The van der Waals surface area contributed by atoms with E-state index in [-0.39, 0.29) is 5.84 Å². The van der Waals surface area contributed by atoms with E-state index in [1.165, 1.54) is 5.56 Å².